The lowest BCUT2D eigenvalue weighted by Gasteiger charge is -2.19. The van der Waals surface area contributed by atoms with Gasteiger partial charge in [0.2, 0.25) is 0 Å². The number of halogens is 1. The number of alkyl carbamates (subject to hydrolysis) is 1. The smallest absolute Gasteiger partial charge is 0.407 e. The summed E-state index contributed by atoms with van der Waals surface area (Å²) in [6.45, 7) is 4.66. The number of amides is 1. The summed E-state index contributed by atoms with van der Waals surface area (Å²) in [6, 6.07) is 0. The molecule has 1 amide bonds. The molecule has 8 heteroatoms. The maximum absolute atomic E-state index is 12.8. The highest BCUT2D eigenvalue weighted by Crippen LogP contribution is 2.11. The third-order valence-corrected chi connectivity index (χ3v) is 1.91. The van der Waals surface area contributed by atoms with E-state index in [1.54, 1.807) is 20.8 Å². The van der Waals surface area contributed by atoms with E-state index in [2.05, 4.69) is 5.32 Å². The lowest BCUT2D eigenvalue weighted by Crippen LogP contribution is -2.36. The average molecular weight is 257 g/mol. The Morgan fingerprint density at radius 2 is 2.06 bits per heavy atom. The predicted molar refractivity (Wildman–Crippen MR) is 57.6 cm³/mol. The van der Waals surface area contributed by atoms with Crippen LogP contribution in [0.25, 0.3) is 0 Å². The zero-order chi connectivity index (χ0) is 12.1. The van der Waals surface area contributed by atoms with Gasteiger partial charge in [-0.05, 0) is 20.8 Å². The molecule has 0 bridgehead atoms. The number of hydrogen-bond donors (Lipinski definition) is 2. The normalized spacial score (nSPS) is 13.4. The first-order valence-corrected chi connectivity index (χ1v) is 5.79. The van der Waals surface area contributed by atoms with Crippen molar-refractivity contribution >= 4 is 14.1 Å². The molecule has 0 fully saturated rings. The summed E-state index contributed by atoms with van der Waals surface area (Å²) in [5, 5.41) is 2.14. The Balaban J connectivity index is 0. The standard InChI is InChI=1S/C8H15FNO4P.H3N/c1-8(2,3)14-7(11)10-4-6(9)5-15(12)13;/h6H,4-5H2,1-3H3,(H,10,11);1H3/p+1/t6-;/m1./s1. The van der Waals surface area contributed by atoms with Crippen LogP contribution in [-0.4, -0.2) is 30.6 Å². The van der Waals surface area contributed by atoms with Crippen LogP contribution in [0.3, 0.4) is 0 Å². The number of quaternary nitrogens is 1. The molecule has 0 saturated carbocycles. The second-order valence-corrected chi connectivity index (χ2v) is 5.03. The Bertz CT molecular complexity index is 245. The summed E-state index contributed by atoms with van der Waals surface area (Å²) >= 11 is 0. The Morgan fingerprint density at radius 3 is 2.44 bits per heavy atom. The Hall–Kier alpha value is -0.780. The first-order valence-electron chi connectivity index (χ1n) is 4.43. The van der Waals surface area contributed by atoms with Crippen molar-refractivity contribution in [2.75, 3.05) is 12.7 Å². The van der Waals surface area contributed by atoms with Gasteiger partial charge >= 0.3 is 14.1 Å². The average Bonchev–Trinajstić information content (AvgIpc) is 1.96. The second-order valence-electron chi connectivity index (χ2n) is 4.00. The fourth-order valence-corrected chi connectivity index (χ4v) is 1.19. The van der Waals surface area contributed by atoms with E-state index >= 15 is 0 Å². The van der Waals surface area contributed by atoms with E-state index in [4.69, 9.17) is 4.74 Å². The number of alkyl halides is 1. The minimum Gasteiger partial charge on any atom is -0.595 e. The van der Waals surface area contributed by atoms with Gasteiger partial charge in [0.15, 0.2) is 12.3 Å². The highest BCUT2D eigenvalue weighted by Gasteiger charge is 2.19. The molecule has 0 aliphatic carbocycles. The summed E-state index contributed by atoms with van der Waals surface area (Å²) < 4.78 is 27.8. The van der Waals surface area contributed by atoms with Crippen molar-refractivity contribution in [3.05, 3.63) is 0 Å². The molecule has 96 valence electrons. The van der Waals surface area contributed by atoms with Crippen LogP contribution >= 0.6 is 8.03 Å². The predicted octanol–water partition coefficient (Wildman–Crippen LogP) is 1.33. The first-order chi connectivity index (χ1) is 6.70. The van der Waals surface area contributed by atoms with Gasteiger partial charge in [-0.1, -0.05) is 4.57 Å². The molecule has 0 aromatic heterocycles. The summed E-state index contributed by atoms with van der Waals surface area (Å²) in [5.74, 6) is 0. The summed E-state index contributed by atoms with van der Waals surface area (Å²) in [6.07, 6.45) is -2.95. The molecule has 5 N–H and O–H groups in total. The van der Waals surface area contributed by atoms with Crippen molar-refractivity contribution in [3.63, 3.8) is 0 Å². The van der Waals surface area contributed by atoms with E-state index in [9.17, 15) is 18.6 Å². The van der Waals surface area contributed by atoms with Gasteiger partial charge < -0.3 is 21.1 Å². The van der Waals surface area contributed by atoms with Crippen molar-refractivity contribution < 1.29 is 23.4 Å². The van der Waals surface area contributed by atoms with E-state index in [-0.39, 0.29) is 12.7 Å². The minimum absolute atomic E-state index is 0. The summed E-state index contributed by atoms with van der Waals surface area (Å²) in [7, 11) is -2.76. The third kappa shape index (κ3) is 11.3. The maximum atomic E-state index is 12.8. The van der Waals surface area contributed by atoms with Gasteiger partial charge in [0.05, 0.1) is 6.54 Å². The summed E-state index contributed by atoms with van der Waals surface area (Å²) in [4.78, 5) is 21.1. The van der Waals surface area contributed by atoms with Crippen molar-refractivity contribution in [3.8, 4) is 0 Å². The van der Waals surface area contributed by atoms with Crippen LogP contribution in [0, 0.1) is 0 Å². The molecule has 0 aliphatic heterocycles. The number of carbonyl (C=O) groups is 1. The zero-order valence-electron chi connectivity index (χ0n) is 9.95. The molecule has 0 saturated heterocycles. The van der Waals surface area contributed by atoms with Gasteiger partial charge in [0, 0.05) is 0 Å². The Labute approximate surface area is 95.0 Å². The van der Waals surface area contributed by atoms with Crippen molar-refractivity contribution in [2.45, 2.75) is 32.5 Å². The third-order valence-electron chi connectivity index (χ3n) is 1.21. The van der Waals surface area contributed by atoms with Gasteiger partial charge in [0.25, 0.3) is 0 Å². The molecule has 0 aliphatic rings. The molecule has 0 radical (unpaired) electrons. The quantitative estimate of drug-likeness (QED) is 0.739. The Morgan fingerprint density at radius 1 is 1.56 bits per heavy atom. The van der Waals surface area contributed by atoms with E-state index in [1.165, 1.54) is 0 Å². The largest absolute Gasteiger partial charge is 0.595 e. The van der Waals surface area contributed by atoms with Gasteiger partial charge in [-0.15, -0.1) is 0 Å². The molecule has 0 aromatic carbocycles. The molecular weight excluding hydrogens is 238 g/mol. The van der Waals surface area contributed by atoms with E-state index in [0.717, 1.165) is 0 Å². The highest BCUT2D eigenvalue weighted by molar-refractivity contribution is 7.36. The highest BCUT2D eigenvalue weighted by atomic mass is 31.1. The van der Waals surface area contributed by atoms with Crippen molar-refractivity contribution in [1.82, 2.24) is 11.5 Å². The molecule has 0 aromatic rings. The van der Waals surface area contributed by atoms with Crippen molar-refractivity contribution in [2.24, 2.45) is 0 Å². The lowest BCUT2D eigenvalue weighted by molar-refractivity contribution is -0.164. The lowest BCUT2D eigenvalue weighted by atomic mass is 10.2. The number of rotatable bonds is 4. The topological polar surface area (TPSA) is 115 Å². The number of nitrogens with one attached hydrogen (secondary N) is 1. The molecule has 0 heterocycles. The molecule has 0 rings (SSSR count). The minimum atomic E-state index is -2.76. The van der Waals surface area contributed by atoms with Crippen LogP contribution in [0.2, 0.25) is 0 Å². The maximum Gasteiger partial charge on any atom is 0.407 e. The number of carbonyl (C=O) groups excluding carboxylic acids is 1. The Kier molecular flexibility index (Phi) is 8.24. The van der Waals surface area contributed by atoms with Gasteiger partial charge in [-0.3, -0.25) is 0 Å². The molecule has 1 unspecified atom stereocenters. The SMILES string of the molecule is CC(C)(C)OC(=O)NC[C@@H](F)C[P+](=O)[O-].[NH4+]. The summed E-state index contributed by atoms with van der Waals surface area (Å²) in [5.41, 5.74) is -0.653. The van der Waals surface area contributed by atoms with Crippen LogP contribution in [0.4, 0.5) is 9.18 Å². The molecular formula is C8H19FN2O4P+. The van der Waals surface area contributed by atoms with Crippen LogP contribution in [0.5, 0.6) is 0 Å². The van der Waals surface area contributed by atoms with Crippen LogP contribution in [0.1, 0.15) is 20.8 Å². The van der Waals surface area contributed by atoms with Gasteiger partial charge in [-0.25, -0.2) is 9.18 Å². The van der Waals surface area contributed by atoms with E-state index < -0.39 is 32.1 Å². The first kappa shape index (κ1) is 17.6. The zero-order valence-corrected chi connectivity index (χ0v) is 10.8. The fraction of sp³-hybridized carbons (Fsp3) is 0.875. The monoisotopic (exact) mass is 257 g/mol. The number of hydrogen-bond acceptors (Lipinski definition) is 4. The number of ether oxygens (including phenoxy) is 1. The van der Waals surface area contributed by atoms with E-state index in [1.807, 2.05) is 0 Å². The molecule has 16 heavy (non-hydrogen) atoms. The second kappa shape index (κ2) is 7.49. The van der Waals surface area contributed by atoms with Gasteiger partial charge in [-0.2, -0.15) is 0 Å². The van der Waals surface area contributed by atoms with Crippen molar-refractivity contribution in [1.29, 1.82) is 0 Å². The van der Waals surface area contributed by atoms with E-state index in [0.29, 0.717) is 0 Å². The fourth-order valence-electron chi connectivity index (χ4n) is 0.735. The van der Waals surface area contributed by atoms with Crippen LogP contribution < -0.4 is 16.4 Å². The van der Waals surface area contributed by atoms with Crippen LogP contribution in [0.15, 0.2) is 0 Å². The molecule has 0 spiro atoms. The van der Waals surface area contributed by atoms with Crippen LogP contribution in [-0.2, 0) is 9.30 Å². The molecule has 6 nitrogen and oxygen atoms in total. The molecule has 2 atom stereocenters. The van der Waals surface area contributed by atoms with Gasteiger partial charge in [0.1, 0.15) is 5.60 Å².